The predicted octanol–water partition coefficient (Wildman–Crippen LogP) is 7.16. The van der Waals surface area contributed by atoms with E-state index < -0.39 is 0 Å². The summed E-state index contributed by atoms with van der Waals surface area (Å²) in [6.45, 7) is 5.19. The molecule has 3 rings (SSSR count). The van der Waals surface area contributed by atoms with Gasteiger partial charge in [-0.25, -0.2) is 4.79 Å². The van der Waals surface area contributed by atoms with Crippen LogP contribution in [-0.2, 0) is 0 Å². The van der Waals surface area contributed by atoms with Gasteiger partial charge in [0.1, 0.15) is 11.5 Å². The van der Waals surface area contributed by atoms with E-state index in [2.05, 4.69) is 26.0 Å². The average molecular weight is 395 g/mol. The maximum Gasteiger partial charge on any atom is 0.343 e. The van der Waals surface area contributed by atoms with Crippen LogP contribution in [0.3, 0.4) is 0 Å². The molecule has 0 heterocycles. The fourth-order valence-corrected chi connectivity index (χ4v) is 4.11. The highest BCUT2D eigenvalue weighted by molar-refractivity contribution is 5.91. The fourth-order valence-electron chi connectivity index (χ4n) is 4.11. The van der Waals surface area contributed by atoms with E-state index in [1.165, 1.54) is 50.5 Å². The summed E-state index contributed by atoms with van der Waals surface area (Å²) in [6, 6.07) is 15.3. The van der Waals surface area contributed by atoms with Crippen molar-refractivity contribution in [2.75, 3.05) is 6.61 Å². The lowest BCUT2D eigenvalue weighted by Gasteiger charge is -2.28. The van der Waals surface area contributed by atoms with Crippen molar-refractivity contribution in [2.24, 2.45) is 5.92 Å². The molecular formula is C26H34O3. The quantitative estimate of drug-likeness (QED) is 0.257. The topological polar surface area (TPSA) is 35.5 Å². The van der Waals surface area contributed by atoms with E-state index in [0.717, 1.165) is 24.7 Å². The molecule has 1 fully saturated rings. The zero-order valence-corrected chi connectivity index (χ0v) is 17.9. The van der Waals surface area contributed by atoms with Crippen LogP contribution in [-0.4, -0.2) is 12.6 Å². The molecule has 29 heavy (non-hydrogen) atoms. The molecule has 0 spiro atoms. The van der Waals surface area contributed by atoms with Crippen molar-refractivity contribution in [3.8, 4) is 11.5 Å². The summed E-state index contributed by atoms with van der Waals surface area (Å²) >= 11 is 0. The highest BCUT2D eigenvalue weighted by atomic mass is 16.5. The maximum absolute atomic E-state index is 12.5. The second kappa shape index (κ2) is 11.0. The summed E-state index contributed by atoms with van der Waals surface area (Å²) in [4.78, 5) is 12.5. The molecule has 156 valence electrons. The lowest BCUT2D eigenvalue weighted by Crippen LogP contribution is -2.13. The van der Waals surface area contributed by atoms with Gasteiger partial charge in [-0.1, -0.05) is 45.2 Å². The number of hydrogen-bond donors (Lipinski definition) is 0. The normalized spacial score (nSPS) is 19.0. The van der Waals surface area contributed by atoms with E-state index in [1.807, 2.05) is 24.3 Å². The second-order valence-corrected chi connectivity index (χ2v) is 8.16. The molecule has 0 aliphatic heterocycles. The van der Waals surface area contributed by atoms with Gasteiger partial charge in [-0.15, -0.1) is 0 Å². The molecule has 3 nitrogen and oxygen atoms in total. The second-order valence-electron chi connectivity index (χ2n) is 8.16. The Hall–Kier alpha value is -2.29. The Morgan fingerprint density at radius 3 is 2.14 bits per heavy atom. The summed E-state index contributed by atoms with van der Waals surface area (Å²) < 4.78 is 11.2. The van der Waals surface area contributed by atoms with Crippen LogP contribution in [0.2, 0.25) is 0 Å². The van der Waals surface area contributed by atoms with Gasteiger partial charge in [0.05, 0.1) is 12.2 Å². The van der Waals surface area contributed by atoms with Gasteiger partial charge in [-0.3, -0.25) is 0 Å². The van der Waals surface area contributed by atoms with Crippen molar-refractivity contribution in [1.29, 1.82) is 0 Å². The predicted molar refractivity (Wildman–Crippen MR) is 118 cm³/mol. The Morgan fingerprint density at radius 2 is 1.52 bits per heavy atom. The van der Waals surface area contributed by atoms with Crippen LogP contribution in [0, 0.1) is 5.92 Å². The molecule has 0 amide bonds. The Balaban J connectivity index is 1.50. The summed E-state index contributed by atoms with van der Waals surface area (Å²) in [5.41, 5.74) is 1.94. The monoisotopic (exact) mass is 394 g/mol. The van der Waals surface area contributed by atoms with Crippen LogP contribution < -0.4 is 9.47 Å². The first kappa shape index (κ1) is 21.4. The molecule has 2 aromatic rings. The summed E-state index contributed by atoms with van der Waals surface area (Å²) in [5, 5.41) is 0. The van der Waals surface area contributed by atoms with Crippen molar-refractivity contribution < 1.29 is 14.3 Å². The maximum atomic E-state index is 12.5. The van der Waals surface area contributed by atoms with Gasteiger partial charge in [-0.05, 0) is 85.9 Å². The molecule has 0 radical (unpaired) electrons. The molecule has 0 aromatic heterocycles. The van der Waals surface area contributed by atoms with Crippen molar-refractivity contribution >= 4 is 5.97 Å². The van der Waals surface area contributed by atoms with E-state index in [1.54, 1.807) is 12.1 Å². The number of benzene rings is 2. The summed E-state index contributed by atoms with van der Waals surface area (Å²) in [6.07, 6.45) is 9.87. The Labute approximate surface area is 175 Å². The van der Waals surface area contributed by atoms with Crippen molar-refractivity contribution in [2.45, 2.75) is 71.1 Å². The largest absolute Gasteiger partial charge is 0.494 e. The Morgan fingerprint density at radius 1 is 0.862 bits per heavy atom. The molecule has 2 aromatic carbocycles. The van der Waals surface area contributed by atoms with Gasteiger partial charge in [0.2, 0.25) is 0 Å². The third-order valence-electron chi connectivity index (χ3n) is 6.09. The number of unbranched alkanes of at least 4 members (excludes halogenated alkanes) is 2. The van der Waals surface area contributed by atoms with Gasteiger partial charge in [0.15, 0.2) is 0 Å². The fraction of sp³-hybridized carbons (Fsp3) is 0.500. The minimum Gasteiger partial charge on any atom is -0.494 e. The third kappa shape index (κ3) is 6.35. The van der Waals surface area contributed by atoms with E-state index in [9.17, 15) is 4.79 Å². The van der Waals surface area contributed by atoms with Crippen LogP contribution >= 0.6 is 0 Å². The lowest BCUT2D eigenvalue weighted by atomic mass is 9.78. The summed E-state index contributed by atoms with van der Waals surface area (Å²) in [7, 11) is 0. The highest BCUT2D eigenvalue weighted by Gasteiger charge is 2.21. The number of esters is 1. The van der Waals surface area contributed by atoms with Crippen LogP contribution in [0.5, 0.6) is 11.5 Å². The SMILES string of the molecule is CCCCCOc1ccc(OC(=O)c2ccc(C3CCC(CC)CC3)cc2)cc1. The minimum absolute atomic E-state index is 0.317. The third-order valence-corrected chi connectivity index (χ3v) is 6.09. The van der Waals surface area contributed by atoms with Crippen LogP contribution in [0.15, 0.2) is 48.5 Å². The van der Waals surface area contributed by atoms with Crippen LogP contribution in [0.25, 0.3) is 0 Å². The number of ether oxygens (including phenoxy) is 2. The average Bonchev–Trinajstić information content (AvgIpc) is 2.78. The van der Waals surface area contributed by atoms with Gasteiger partial charge in [0.25, 0.3) is 0 Å². The van der Waals surface area contributed by atoms with E-state index in [-0.39, 0.29) is 5.97 Å². The molecule has 1 aliphatic carbocycles. The lowest BCUT2D eigenvalue weighted by molar-refractivity contribution is 0.0734. The molecule has 1 aliphatic rings. The molecule has 0 atom stereocenters. The molecule has 0 N–H and O–H groups in total. The number of hydrogen-bond acceptors (Lipinski definition) is 3. The first-order valence-electron chi connectivity index (χ1n) is 11.2. The molecule has 3 heteroatoms. The van der Waals surface area contributed by atoms with Crippen molar-refractivity contribution in [3.05, 3.63) is 59.7 Å². The Bertz CT molecular complexity index is 741. The standard InChI is InChI=1S/C26H34O3/c1-3-5-6-19-28-24-15-17-25(18-16-24)29-26(27)23-13-11-22(12-14-23)21-9-7-20(4-2)8-10-21/h11-18,20-21H,3-10,19H2,1-2H3. The summed E-state index contributed by atoms with van der Waals surface area (Å²) in [5.74, 6) is 2.56. The molecule has 0 bridgehead atoms. The first-order chi connectivity index (χ1) is 14.2. The molecule has 1 saturated carbocycles. The van der Waals surface area contributed by atoms with Gasteiger partial charge >= 0.3 is 5.97 Å². The molecular weight excluding hydrogens is 360 g/mol. The van der Waals surface area contributed by atoms with E-state index in [4.69, 9.17) is 9.47 Å². The van der Waals surface area contributed by atoms with Gasteiger partial charge in [0, 0.05) is 0 Å². The Kier molecular flexibility index (Phi) is 8.15. The molecule has 0 unspecified atom stereocenters. The zero-order valence-electron chi connectivity index (χ0n) is 17.9. The van der Waals surface area contributed by atoms with Gasteiger partial charge in [-0.2, -0.15) is 0 Å². The molecule has 0 saturated heterocycles. The van der Waals surface area contributed by atoms with Crippen LogP contribution in [0.1, 0.15) is 87.1 Å². The first-order valence-corrected chi connectivity index (χ1v) is 11.2. The smallest absolute Gasteiger partial charge is 0.343 e. The number of rotatable bonds is 9. The van der Waals surface area contributed by atoms with Crippen molar-refractivity contribution in [3.63, 3.8) is 0 Å². The minimum atomic E-state index is -0.317. The number of carbonyl (C=O) groups excluding carboxylic acids is 1. The van der Waals surface area contributed by atoms with E-state index in [0.29, 0.717) is 17.2 Å². The van der Waals surface area contributed by atoms with Gasteiger partial charge < -0.3 is 9.47 Å². The zero-order chi connectivity index (χ0) is 20.5. The van der Waals surface area contributed by atoms with E-state index >= 15 is 0 Å². The number of carbonyl (C=O) groups is 1. The van der Waals surface area contributed by atoms with Crippen molar-refractivity contribution in [1.82, 2.24) is 0 Å². The highest BCUT2D eigenvalue weighted by Crippen LogP contribution is 2.37. The van der Waals surface area contributed by atoms with Crippen LogP contribution in [0.4, 0.5) is 0 Å².